The van der Waals surface area contributed by atoms with E-state index in [4.69, 9.17) is 10.7 Å². The second kappa shape index (κ2) is 7.66. The molecule has 0 saturated carbocycles. The summed E-state index contributed by atoms with van der Waals surface area (Å²) in [4.78, 5) is 21.2. The summed E-state index contributed by atoms with van der Waals surface area (Å²) < 4.78 is 0. The van der Waals surface area contributed by atoms with Crippen LogP contribution >= 0.6 is 11.8 Å². The molecule has 5 heteroatoms. The molecule has 0 aliphatic carbocycles. The second-order valence-electron chi connectivity index (χ2n) is 6.17. The summed E-state index contributed by atoms with van der Waals surface area (Å²) in [6.07, 6.45) is 0. The molecule has 2 atom stereocenters. The van der Waals surface area contributed by atoms with Gasteiger partial charge in [-0.1, -0.05) is 71.9 Å². The molecule has 2 N–H and O–H groups in total. The number of nitrogens with zero attached hydrogens (tertiary/aromatic N) is 2. The molecule has 0 radical (unpaired) electrons. The molecule has 128 valence electrons. The van der Waals surface area contributed by atoms with Gasteiger partial charge >= 0.3 is 0 Å². The standard InChI is InChI=1S/C20H21N3OS/c1-13-8-10-16(11-9-13)18-17(19(21)24)14(2)22-20(23-18)25-12-15-6-4-3-5-7-15/h3-11,17-18H,12H2,1-2H3,(H2,21,24). The van der Waals surface area contributed by atoms with Crippen LogP contribution in [0.4, 0.5) is 0 Å². The molecule has 1 heterocycles. The maximum atomic E-state index is 12.0. The van der Waals surface area contributed by atoms with Crippen molar-refractivity contribution in [2.75, 3.05) is 0 Å². The van der Waals surface area contributed by atoms with Crippen LogP contribution in [0.5, 0.6) is 0 Å². The Bertz CT molecular complexity index is 813. The first kappa shape index (κ1) is 17.4. The van der Waals surface area contributed by atoms with Gasteiger partial charge in [0.1, 0.15) is 5.92 Å². The average Bonchev–Trinajstić information content (AvgIpc) is 2.60. The van der Waals surface area contributed by atoms with Gasteiger partial charge in [-0.2, -0.15) is 0 Å². The number of aliphatic imine (C=N–C) groups is 2. The Morgan fingerprint density at radius 3 is 2.40 bits per heavy atom. The number of carbonyl (C=O) groups is 1. The third-order valence-corrected chi connectivity index (χ3v) is 5.16. The molecule has 2 unspecified atom stereocenters. The van der Waals surface area contributed by atoms with E-state index < -0.39 is 5.92 Å². The van der Waals surface area contributed by atoms with Crippen LogP contribution in [0.25, 0.3) is 0 Å². The molecule has 0 fully saturated rings. The van der Waals surface area contributed by atoms with Crippen molar-refractivity contribution >= 4 is 28.5 Å². The molecule has 2 aromatic carbocycles. The average molecular weight is 351 g/mol. The minimum atomic E-state index is -0.496. The van der Waals surface area contributed by atoms with E-state index in [9.17, 15) is 4.79 Å². The number of thioether (sulfide) groups is 1. The van der Waals surface area contributed by atoms with E-state index in [2.05, 4.69) is 17.1 Å². The van der Waals surface area contributed by atoms with Crippen LogP contribution in [-0.4, -0.2) is 16.8 Å². The first-order valence-electron chi connectivity index (χ1n) is 8.20. The number of aryl methyl sites for hydroxylation is 1. The van der Waals surface area contributed by atoms with Crippen LogP contribution in [-0.2, 0) is 10.5 Å². The Morgan fingerprint density at radius 2 is 1.76 bits per heavy atom. The Kier molecular flexibility index (Phi) is 5.34. The van der Waals surface area contributed by atoms with Gasteiger partial charge in [0.15, 0.2) is 5.17 Å². The normalized spacial score (nSPS) is 19.9. The summed E-state index contributed by atoms with van der Waals surface area (Å²) in [5.41, 5.74) is 9.73. The molecule has 0 bridgehead atoms. The first-order valence-corrected chi connectivity index (χ1v) is 9.19. The first-order chi connectivity index (χ1) is 12.0. The van der Waals surface area contributed by atoms with Crippen LogP contribution in [0.1, 0.15) is 29.7 Å². The molecule has 0 spiro atoms. The van der Waals surface area contributed by atoms with Gasteiger partial charge in [-0.05, 0) is 25.0 Å². The van der Waals surface area contributed by atoms with E-state index in [1.807, 2.05) is 56.3 Å². The van der Waals surface area contributed by atoms with Crippen molar-refractivity contribution in [3.63, 3.8) is 0 Å². The summed E-state index contributed by atoms with van der Waals surface area (Å²) in [6, 6.07) is 18.0. The fraction of sp³-hybridized carbons (Fsp3) is 0.250. The lowest BCUT2D eigenvalue weighted by molar-refractivity contribution is -0.120. The third kappa shape index (κ3) is 4.17. The molecule has 0 saturated heterocycles. The number of primary amides is 1. The van der Waals surface area contributed by atoms with Crippen molar-refractivity contribution in [3.8, 4) is 0 Å². The zero-order valence-electron chi connectivity index (χ0n) is 14.3. The van der Waals surface area contributed by atoms with Crippen molar-refractivity contribution in [2.45, 2.75) is 25.6 Å². The highest BCUT2D eigenvalue weighted by atomic mass is 32.2. The molecular weight excluding hydrogens is 330 g/mol. The number of nitrogens with two attached hydrogens (primary N) is 1. The highest BCUT2D eigenvalue weighted by Crippen LogP contribution is 2.33. The molecule has 1 aliphatic rings. The Morgan fingerprint density at radius 1 is 1.08 bits per heavy atom. The topological polar surface area (TPSA) is 67.8 Å². The largest absolute Gasteiger partial charge is 0.369 e. The number of rotatable bonds is 4. The van der Waals surface area contributed by atoms with E-state index in [0.29, 0.717) is 5.17 Å². The molecule has 3 rings (SSSR count). The lowest BCUT2D eigenvalue weighted by Gasteiger charge is -2.26. The minimum Gasteiger partial charge on any atom is -0.369 e. The lowest BCUT2D eigenvalue weighted by Crippen LogP contribution is -2.36. The van der Waals surface area contributed by atoms with E-state index in [1.165, 1.54) is 11.1 Å². The zero-order chi connectivity index (χ0) is 17.8. The highest BCUT2D eigenvalue weighted by molar-refractivity contribution is 8.13. The van der Waals surface area contributed by atoms with E-state index in [1.54, 1.807) is 11.8 Å². The van der Waals surface area contributed by atoms with Gasteiger partial charge in [-0.15, -0.1) is 0 Å². The molecule has 2 aromatic rings. The van der Waals surface area contributed by atoms with Crippen molar-refractivity contribution in [1.29, 1.82) is 0 Å². The third-order valence-electron chi connectivity index (χ3n) is 4.22. The van der Waals surface area contributed by atoms with Gasteiger partial charge in [0.25, 0.3) is 0 Å². The molecule has 1 aliphatic heterocycles. The fourth-order valence-electron chi connectivity index (χ4n) is 2.86. The van der Waals surface area contributed by atoms with Crippen LogP contribution in [0.15, 0.2) is 64.6 Å². The highest BCUT2D eigenvalue weighted by Gasteiger charge is 2.33. The van der Waals surface area contributed by atoms with Crippen LogP contribution in [0, 0.1) is 12.8 Å². The predicted molar refractivity (Wildman–Crippen MR) is 105 cm³/mol. The maximum absolute atomic E-state index is 12.0. The molecule has 1 amide bonds. The quantitative estimate of drug-likeness (QED) is 0.907. The Balaban J connectivity index is 1.86. The van der Waals surface area contributed by atoms with Gasteiger partial charge in [0.05, 0.1) is 6.04 Å². The summed E-state index contributed by atoms with van der Waals surface area (Å²) in [5, 5.41) is 0.699. The van der Waals surface area contributed by atoms with Crippen molar-refractivity contribution in [2.24, 2.45) is 21.6 Å². The molecule has 25 heavy (non-hydrogen) atoms. The van der Waals surface area contributed by atoms with Gasteiger partial charge in [-0.25, -0.2) is 4.99 Å². The monoisotopic (exact) mass is 351 g/mol. The van der Waals surface area contributed by atoms with E-state index in [-0.39, 0.29) is 11.9 Å². The minimum absolute atomic E-state index is 0.311. The Hall–Kier alpha value is -2.40. The van der Waals surface area contributed by atoms with Crippen LogP contribution < -0.4 is 5.73 Å². The smallest absolute Gasteiger partial charge is 0.228 e. The second-order valence-corrected chi connectivity index (χ2v) is 7.12. The SMILES string of the molecule is CC1=NC(SCc2ccccc2)=NC(c2ccc(C)cc2)C1C(N)=O. The number of amides is 1. The number of amidine groups is 1. The predicted octanol–water partition coefficient (Wildman–Crippen LogP) is 3.90. The number of hydrogen-bond donors (Lipinski definition) is 1. The van der Waals surface area contributed by atoms with Gasteiger partial charge in [0.2, 0.25) is 5.91 Å². The van der Waals surface area contributed by atoms with Crippen LogP contribution in [0.3, 0.4) is 0 Å². The summed E-state index contributed by atoms with van der Waals surface area (Å²) in [6.45, 7) is 3.89. The van der Waals surface area contributed by atoms with E-state index in [0.717, 1.165) is 17.0 Å². The van der Waals surface area contributed by atoms with Crippen molar-refractivity contribution < 1.29 is 4.79 Å². The Labute approximate surface area is 152 Å². The van der Waals surface area contributed by atoms with Crippen molar-refractivity contribution in [3.05, 3.63) is 71.3 Å². The molecule has 0 aromatic heterocycles. The number of carbonyl (C=O) groups excluding carboxylic acids is 1. The summed E-state index contributed by atoms with van der Waals surface area (Å²) in [5.74, 6) is -0.0929. The van der Waals surface area contributed by atoms with Gasteiger partial charge in [0, 0.05) is 11.5 Å². The fourth-order valence-corrected chi connectivity index (χ4v) is 3.74. The summed E-state index contributed by atoms with van der Waals surface area (Å²) >= 11 is 1.58. The number of benzene rings is 2. The summed E-state index contributed by atoms with van der Waals surface area (Å²) in [7, 11) is 0. The molecule has 4 nitrogen and oxygen atoms in total. The lowest BCUT2D eigenvalue weighted by atomic mass is 9.88. The van der Waals surface area contributed by atoms with E-state index >= 15 is 0 Å². The maximum Gasteiger partial charge on any atom is 0.228 e. The number of hydrogen-bond acceptors (Lipinski definition) is 4. The van der Waals surface area contributed by atoms with Crippen molar-refractivity contribution in [1.82, 2.24) is 0 Å². The van der Waals surface area contributed by atoms with Gasteiger partial charge < -0.3 is 5.73 Å². The molecular formula is C20H21N3OS. The zero-order valence-corrected chi connectivity index (χ0v) is 15.2. The van der Waals surface area contributed by atoms with Gasteiger partial charge in [-0.3, -0.25) is 9.79 Å². The van der Waals surface area contributed by atoms with Crippen LogP contribution in [0.2, 0.25) is 0 Å².